The van der Waals surface area contributed by atoms with Gasteiger partial charge in [0.25, 0.3) is 0 Å². The molecule has 0 aliphatic carbocycles. The summed E-state index contributed by atoms with van der Waals surface area (Å²) in [6, 6.07) is 5.99. The van der Waals surface area contributed by atoms with Gasteiger partial charge < -0.3 is 9.64 Å². The Labute approximate surface area is 155 Å². The van der Waals surface area contributed by atoms with Crippen molar-refractivity contribution in [3.05, 3.63) is 42.4 Å². The smallest absolute Gasteiger partial charge is 0.228 e. The molecule has 4 rings (SSSR count). The number of aromatic nitrogens is 3. The summed E-state index contributed by atoms with van der Waals surface area (Å²) >= 11 is 0. The van der Waals surface area contributed by atoms with Crippen molar-refractivity contribution < 1.29 is 4.74 Å². The van der Waals surface area contributed by atoms with Gasteiger partial charge in [0.2, 0.25) is 11.8 Å². The number of pyridine rings is 1. The van der Waals surface area contributed by atoms with E-state index in [0.29, 0.717) is 5.88 Å². The molecular weight excluding hydrogens is 326 g/mol. The van der Waals surface area contributed by atoms with Gasteiger partial charge in [0.1, 0.15) is 0 Å². The zero-order valence-electron chi connectivity index (χ0n) is 15.4. The molecule has 6 heteroatoms. The van der Waals surface area contributed by atoms with Crippen LogP contribution in [0.3, 0.4) is 0 Å². The first kappa shape index (κ1) is 17.2. The van der Waals surface area contributed by atoms with Crippen LogP contribution in [0.2, 0.25) is 0 Å². The molecule has 0 N–H and O–H groups in total. The number of piperidine rings is 1. The van der Waals surface area contributed by atoms with Crippen molar-refractivity contribution in [3.8, 4) is 5.88 Å². The number of hydrogen-bond acceptors (Lipinski definition) is 6. The molecule has 2 aromatic rings. The molecule has 26 heavy (non-hydrogen) atoms. The molecule has 0 saturated carbocycles. The van der Waals surface area contributed by atoms with E-state index in [0.717, 1.165) is 37.4 Å². The van der Waals surface area contributed by atoms with E-state index in [1.54, 1.807) is 19.4 Å². The lowest BCUT2D eigenvalue weighted by atomic mass is 9.83. The monoisotopic (exact) mass is 353 g/mol. The fraction of sp³-hybridized carbons (Fsp3) is 0.550. The lowest BCUT2D eigenvalue weighted by Gasteiger charge is -2.34. The molecule has 0 amide bonds. The van der Waals surface area contributed by atoms with Crippen molar-refractivity contribution >= 4 is 5.95 Å². The van der Waals surface area contributed by atoms with E-state index in [2.05, 4.69) is 30.8 Å². The summed E-state index contributed by atoms with van der Waals surface area (Å²) in [7, 11) is 1.65. The summed E-state index contributed by atoms with van der Waals surface area (Å²) in [5, 5.41) is 0. The van der Waals surface area contributed by atoms with Gasteiger partial charge in [-0.1, -0.05) is 6.07 Å². The number of rotatable bonds is 5. The molecule has 4 heterocycles. The first-order valence-electron chi connectivity index (χ1n) is 9.55. The predicted molar refractivity (Wildman–Crippen MR) is 101 cm³/mol. The van der Waals surface area contributed by atoms with E-state index in [1.807, 2.05) is 18.5 Å². The first-order chi connectivity index (χ1) is 12.8. The second-order valence-electron chi connectivity index (χ2n) is 7.37. The van der Waals surface area contributed by atoms with E-state index in [4.69, 9.17) is 4.74 Å². The minimum Gasteiger partial charge on any atom is -0.481 e. The van der Waals surface area contributed by atoms with Crippen molar-refractivity contribution in [2.24, 2.45) is 11.8 Å². The Kier molecular flexibility index (Phi) is 5.29. The third kappa shape index (κ3) is 3.96. The largest absolute Gasteiger partial charge is 0.481 e. The Hall–Kier alpha value is -2.21. The van der Waals surface area contributed by atoms with Crippen molar-refractivity contribution in [3.63, 3.8) is 0 Å². The number of ether oxygens (including phenoxy) is 1. The molecule has 2 aromatic heterocycles. The molecule has 2 fully saturated rings. The van der Waals surface area contributed by atoms with Gasteiger partial charge in [0, 0.05) is 44.3 Å². The average molecular weight is 353 g/mol. The molecule has 0 radical (unpaired) electrons. The first-order valence-corrected chi connectivity index (χ1v) is 9.55. The van der Waals surface area contributed by atoms with E-state index in [-0.39, 0.29) is 0 Å². The number of anilines is 1. The normalized spacial score (nSPS) is 21.9. The fourth-order valence-corrected chi connectivity index (χ4v) is 4.28. The Bertz CT molecular complexity index is 702. The second kappa shape index (κ2) is 7.99. The third-order valence-electron chi connectivity index (χ3n) is 5.76. The maximum absolute atomic E-state index is 5.23. The van der Waals surface area contributed by atoms with Crippen molar-refractivity contribution in [1.29, 1.82) is 0 Å². The standard InChI is InChI=1S/C20H27N5O/c1-26-19-4-9-22-20(23-19)25-12-7-18(15-25)17-5-10-24(11-6-17)14-16-3-2-8-21-13-16/h2-4,8-9,13,17-18H,5-7,10-12,14-15H2,1H3. The van der Waals surface area contributed by atoms with Gasteiger partial charge in [-0.05, 0) is 55.8 Å². The third-order valence-corrected chi connectivity index (χ3v) is 5.76. The minimum absolute atomic E-state index is 0.641. The van der Waals surface area contributed by atoms with Crippen LogP contribution in [0, 0.1) is 11.8 Å². The summed E-state index contributed by atoms with van der Waals surface area (Å²) < 4.78 is 5.23. The SMILES string of the molecule is COc1ccnc(N2CCC(C3CCN(Cc4cccnc4)CC3)C2)n1. The Morgan fingerprint density at radius 3 is 2.69 bits per heavy atom. The highest BCUT2D eigenvalue weighted by Crippen LogP contribution is 2.33. The van der Waals surface area contributed by atoms with E-state index < -0.39 is 0 Å². The molecule has 1 atom stereocenters. The van der Waals surface area contributed by atoms with Gasteiger partial charge >= 0.3 is 0 Å². The van der Waals surface area contributed by atoms with Crippen LogP contribution in [-0.4, -0.2) is 53.1 Å². The lowest BCUT2D eigenvalue weighted by molar-refractivity contribution is 0.147. The minimum atomic E-state index is 0.641. The van der Waals surface area contributed by atoms with Crippen LogP contribution in [0.1, 0.15) is 24.8 Å². The highest BCUT2D eigenvalue weighted by atomic mass is 16.5. The molecule has 0 bridgehead atoms. The number of nitrogens with zero attached hydrogens (tertiary/aromatic N) is 5. The van der Waals surface area contributed by atoms with Crippen molar-refractivity contribution in [2.75, 3.05) is 38.2 Å². The molecular formula is C20H27N5O. The molecule has 2 aliphatic rings. The van der Waals surface area contributed by atoms with Gasteiger partial charge in [0.05, 0.1) is 7.11 Å². The number of likely N-dealkylation sites (tertiary alicyclic amines) is 1. The Balaban J connectivity index is 1.29. The summed E-state index contributed by atoms with van der Waals surface area (Å²) in [6.45, 7) is 5.51. The predicted octanol–water partition coefficient (Wildman–Crippen LogP) is 2.62. The average Bonchev–Trinajstić information content (AvgIpc) is 3.20. The molecule has 1 unspecified atom stereocenters. The molecule has 2 saturated heterocycles. The highest BCUT2D eigenvalue weighted by molar-refractivity contribution is 5.33. The van der Waals surface area contributed by atoms with Crippen molar-refractivity contribution in [1.82, 2.24) is 19.9 Å². The zero-order chi connectivity index (χ0) is 17.8. The molecule has 0 spiro atoms. The topological polar surface area (TPSA) is 54.4 Å². The van der Waals surface area contributed by atoms with Crippen molar-refractivity contribution in [2.45, 2.75) is 25.8 Å². The Morgan fingerprint density at radius 1 is 1.08 bits per heavy atom. The Morgan fingerprint density at radius 2 is 1.92 bits per heavy atom. The summed E-state index contributed by atoms with van der Waals surface area (Å²) in [6.07, 6.45) is 9.43. The second-order valence-corrected chi connectivity index (χ2v) is 7.37. The van der Waals surface area contributed by atoms with Gasteiger partial charge in [-0.2, -0.15) is 4.98 Å². The lowest BCUT2D eigenvalue weighted by Crippen LogP contribution is -2.36. The van der Waals surface area contributed by atoms with E-state index in [1.165, 1.54) is 37.9 Å². The summed E-state index contributed by atoms with van der Waals surface area (Å²) in [4.78, 5) is 18.0. The van der Waals surface area contributed by atoms with Gasteiger partial charge in [-0.15, -0.1) is 0 Å². The van der Waals surface area contributed by atoms with Crippen LogP contribution in [-0.2, 0) is 6.54 Å². The van der Waals surface area contributed by atoms with Gasteiger partial charge in [0.15, 0.2) is 0 Å². The van der Waals surface area contributed by atoms with Crippen LogP contribution in [0.25, 0.3) is 0 Å². The maximum Gasteiger partial charge on any atom is 0.228 e. The van der Waals surface area contributed by atoms with Gasteiger partial charge in [-0.3, -0.25) is 9.88 Å². The maximum atomic E-state index is 5.23. The molecule has 2 aliphatic heterocycles. The van der Waals surface area contributed by atoms with Crippen LogP contribution < -0.4 is 9.64 Å². The van der Waals surface area contributed by atoms with Crippen LogP contribution in [0.15, 0.2) is 36.8 Å². The molecule has 138 valence electrons. The highest BCUT2D eigenvalue weighted by Gasteiger charge is 2.32. The van der Waals surface area contributed by atoms with Crippen LogP contribution >= 0.6 is 0 Å². The number of methoxy groups -OCH3 is 1. The van der Waals surface area contributed by atoms with E-state index >= 15 is 0 Å². The summed E-state index contributed by atoms with van der Waals surface area (Å²) in [5.41, 5.74) is 1.31. The van der Waals surface area contributed by atoms with Crippen LogP contribution in [0.4, 0.5) is 5.95 Å². The zero-order valence-corrected chi connectivity index (χ0v) is 15.4. The quantitative estimate of drug-likeness (QED) is 0.824. The van der Waals surface area contributed by atoms with Gasteiger partial charge in [-0.25, -0.2) is 4.98 Å². The fourth-order valence-electron chi connectivity index (χ4n) is 4.28. The van der Waals surface area contributed by atoms with E-state index in [9.17, 15) is 0 Å². The summed E-state index contributed by atoms with van der Waals surface area (Å²) in [5.74, 6) is 3.02. The molecule has 6 nitrogen and oxygen atoms in total. The van der Waals surface area contributed by atoms with Crippen LogP contribution in [0.5, 0.6) is 5.88 Å². The number of hydrogen-bond donors (Lipinski definition) is 0. The molecule has 0 aromatic carbocycles.